The zero-order valence-corrected chi connectivity index (χ0v) is 10.7. The maximum atomic E-state index is 11.1. The Hall–Kier alpha value is -1.82. The monoisotopic (exact) mass is 254 g/mol. The Bertz CT molecular complexity index is 421. The van der Waals surface area contributed by atoms with Crippen LogP contribution in [0, 0.1) is 16.0 Å². The first-order valence-corrected chi connectivity index (χ1v) is 5.70. The number of hydrogen-bond donors (Lipinski definition) is 2. The van der Waals surface area contributed by atoms with Crippen molar-refractivity contribution < 1.29 is 14.8 Å². The largest absolute Gasteiger partial charge is 0.490 e. The average Bonchev–Trinajstić information content (AvgIpc) is 2.34. The highest BCUT2D eigenvalue weighted by molar-refractivity contribution is 5.68. The molecule has 0 unspecified atom stereocenters. The molecule has 0 aromatic heterocycles. The topological polar surface area (TPSA) is 84.6 Å². The van der Waals surface area contributed by atoms with Gasteiger partial charge in [0.15, 0.2) is 5.75 Å². The third kappa shape index (κ3) is 3.10. The second-order valence-corrected chi connectivity index (χ2v) is 4.29. The van der Waals surface area contributed by atoms with Crippen LogP contribution in [0.25, 0.3) is 0 Å². The van der Waals surface area contributed by atoms with E-state index in [1.807, 2.05) is 13.8 Å². The van der Waals surface area contributed by atoms with Gasteiger partial charge in [-0.2, -0.15) is 0 Å². The van der Waals surface area contributed by atoms with Gasteiger partial charge in [0, 0.05) is 0 Å². The van der Waals surface area contributed by atoms with Crippen LogP contribution in [0.2, 0.25) is 0 Å². The number of rotatable bonds is 6. The predicted octanol–water partition coefficient (Wildman–Crippen LogP) is 2.03. The van der Waals surface area contributed by atoms with Crippen LogP contribution in [-0.2, 0) is 0 Å². The lowest BCUT2D eigenvalue weighted by molar-refractivity contribution is -0.384. The molecule has 1 aromatic rings. The minimum absolute atomic E-state index is 0.0912. The Kier molecular flexibility index (Phi) is 4.91. The van der Waals surface area contributed by atoms with Crippen molar-refractivity contribution in [2.24, 2.45) is 5.92 Å². The molecule has 0 aliphatic heterocycles. The molecular formula is C12H18N2O4. The summed E-state index contributed by atoms with van der Waals surface area (Å²) in [6, 6.07) is 4.57. The van der Waals surface area contributed by atoms with Gasteiger partial charge in [0.05, 0.1) is 24.7 Å². The van der Waals surface area contributed by atoms with Crippen LogP contribution >= 0.6 is 0 Å². The van der Waals surface area contributed by atoms with Gasteiger partial charge in [-0.1, -0.05) is 19.9 Å². The maximum Gasteiger partial charge on any atom is 0.333 e. The van der Waals surface area contributed by atoms with Crippen LogP contribution < -0.4 is 10.1 Å². The summed E-state index contributed by atoms with van der Waals surface area (Å²) < 4.78 is 4.98. The smallest absolute Gasteiger partial charge is 0.333 e. The van der Waals surface area contributed by atoms with Crippen LogP contribution in [0.3, 0.4) is 0 Å². The SMILES string of the molecule is COc1cccc(N[C@H](CO)C(C)C)c1[N+](=O)[O-]. The van der Waals surface area contributed by atoms with Crippen molar-refractivity contribution in [1.29, 1.82) is 0 Å². The molecular weight excluding hydrogens is 236 g/mol. The zero-order valence-electron chi connectivity index (χ0n) is 10.7. The number of anilines is 1. The van der Waals surface area contributed by atoms with Gasteiger partial charge in [0.1, 0.15) is 5.69 Å². The molecule has 0 aliphatic rings. The third-order valence-electron chi connectivity index (χ3n) is 2.74. The van der Waals surface area contributed by atoms with E-state index in [4.69, 9.17) is 4.74 Å². The number of nitro benzene ring substituents is 1. The molecule has 0 bridgehead atoms. The van der Waals surface area contributed by atoms with E-state index < -0.39 is 4.92 Å². The van der Waals surface area contributed by atoms with Crippen molar-refractivity contribution in [3.8, 4) is 5.75 Å². The molecule has 6 nitrogen and oxygen atoms in total. The van der Waals surface area contributed by atoms with Crippen LogP contribution in [0.15, 0.2) is 18.2 Å². The molecule has 0 saturated heterocycles. The van der Waals surface area contributed by atoms with Crippen LogP contribution in [0.1, 0.15) is 13.8 Å². The fourth-order valence-corrected chi connectivity index (χ4v) is 1.61. The molecule has 0 aliphatic carbocycles. The van der Waals surface area contributed by atoms with E-state index in [0.29, 0.717) is 5.69 Å². The van der Waals surface area contributed by atoms with Gasteiger partial charge in [-0.25, -0.2) is 0 Å². The normalized spacial score (nSPS) is 12.3. The molecule has 100 valence electrons. The van der Waals surface area contributed by atoms with Crippen LogP contribution in [-0.4, -0.2) is 29.8 Å². The van der Waals surface area contributed by atoms with E-state index in [1.54, 1.807) is 12.1 Å². The quantitative estimate of drug-likeness (QED) is 0.599. The van der Waals surface area contributed by atoms with E-state index in [9.17, 15) is 15.2 Å². The van der Waals surface area contributed by atoms with Gasteiger partial charge >= 0.3 is 5.69 Å². The Morgan fingerprint density at radius 3 is 2.61 bits per heavy atom. The van der Waals surface area contributed by atoms with Crippen molar-refractivity contribution in [2.75, 3.05) is 19.0 Å². The predicted molar refractivity (Wildman–Crippen MR) is 69.0 cm³/mol. The van der Waals surface area contributed by atoms with Crippen molar-refractivity contribution in [3.05, 3.63) is 28.3 Å². The van der Waals surface area contributed by atoms with Crippen LogP contribution in [0.5, 0.6) is 5.75 Å². The number of aliphatic hydroxyl groups is 1. The number of hydrogen-bond acceptors (Lipinski definition) is 5. The Morgan fingerprint density at radius 1 is 1.50 bits per heavy atom. The number of ether oxygens (including phenoxy) is 1. The highest BCUT2D eigenvalue weighted by Gasteiger charge is 2.23. The van der Waals surface area contributed by atoms with Gasteiger partial charge in [0.25, 0.3) is 0 Å². The van der Waals surface area contributed by atoms with Crippen molar-refractivity contribution in [1.82, 2.24) is 0 Å². The van der Waals surface area contributed by atoms with E-state index in [2.05, 4.69) is 5.32 Å². The molecule has 6 heteroatoms. The summed E-state index contributed by atoms with van der Waals surface area (Å²) in [5.41, 5.74) is 0.242. The Labute approximate surface area is 106 Å². The summed E-state index contributed by atoms with van der Waals surface area (Å²) in [4.78, 5) is 10.6. The average molecular weight is 254 g/mol. The number of nitro groups is 1. The van der Waals surface area contributed by atoms with Crippen molar-refractivity contribution in [3.63, 3.8) is 0 Å². The number of methoxy groups -OCH3 is 1. The molecule has 2 N–H and O–H groups in total. The second kappa shape index (κ2) is 6.20. The maximum absolute atomic E-state index is 11.1. The number of para-hydroxylation sites is 1. The number of nitrogens with zero attached hydrogens (tertiary/aromatic N) is 1. The first kappa shape index (κ1) is 14.2. The molecule has 0 heterocycles. The highest BCUT2D eigenvalue weighted by Crippen LogP contribution is 2.35. The van der Waals surface area contributed by atoms with Gasteiger partial charge in [-0.3, -0.25) is 10.1 Å². The lowest BCUT2D eigenvalue weighted by Crippen LogP contribution is -2.29. The van der Waals surface area contributed by atoms with Crippen molar-refractivity contribution >= 4 is 11.4 Å². The number of aliphatic hydroxyl groups excluding tert-OH is 1. The fourth-order valence-electron chi connectivity index (χ4n) is 1.61. The number of nitrogens with one attached hydrogen (secondary N) is 1. The molecule has 1 atom stereocenters. The van der Waals surface area contributed by atoms with E-state index >= 15 is 0 Å². The Morgan fingerprint density at radius 2 is 2.17 bits per heavy atom. The standard InChI is InChI=1S/C12H18N2O4/c1-8(2)10(7-15)13-9-5-4-6-11(18-3)12(9)14(16)17/h4-6,8,10,13,15H,7H2,1-3H3/t10-/m1/s1. The first-order chi connectivity index (χ1) is 8.51. The van der Waals surface area contributed by atoms with Crippen molar-refractivity contribution in [2.45, 2.75) is 19.9 Å². The van der Waals surface area contributed by atoms with Gasteiger partial charge < -0.3 is 15.2 Å². The van der Waals surface area contributed by atoms with Gasteiger partial charge in [0.2, 0.25) is 0 Å². The second-order valence-electron chi connectivity index (χ2n) is 4.29. The fraction of sp³-hybridized carbons (Fsp3) is 0.500. The lowest BCUT2D eigenvalue weighted by Gasteiger charge is -2.21. The molecule has 0 radical (unpaired) electrons. The molecule has 18 heavy (non-hydrogen) atoms. The summed E-state index contributed by atoms with van der Waals surface area (Å²) in [6.07, 6.45) is 0. The summed E-state index contributed by atoms with van der Waals surface area (Å²) in [5.74, 6) is 0.353. The molecule has 0 fully saturated rings. The molecule has 1 aromatic carbocycles. The molecule has 0 spiro atoms. The summed E-state index contributed by atoms with van der Waals surface area (Å²) in [6.45, 7) is 3.77. The van der Waals surface area contributed by atoms with Gasteiger partial charge in [-0.05, 0) is 18.1 Å². The van der Waals surface area contributed by atoms with E-state index in [-0.39, 0.29) is 30.0 Å². The van der Waals surface area contributed by atoms with E-state index in [0.717, 1.165) is 0 Å². The third-order valence-corrected chi connectivity index (χ3v) is 2.74. The molecule has 1 rings (SSSR count). The lowest BCUT2D eigenvalue weighted by atomic mass is 10.0. The Balaban J connectivity index is 3.12. The summed E-state index contributed by atoms with van der Waals surface area (Å²) >= 11 is 0. The number of benzene rings is 1. The van der Waals surface area contributed by atoms with Gasteiger partial charge in [-0.15, -0.1) is 0 Å². The minimum Gasteiger partial charge on any atom is -0.490 e. The summed E-state index contributed by atoms with van der Waals surface area (Å²) in [5, 5.41) is 23.3. The zero-order chi connectivity index (χ0) is 13.7. The van der Waals surface area contributed by atoms with E-state index in [1.165, 1.54) is 13.2 Å². The minimum atomic E-state index is -0.490. The first-order valence-electron chi connectivity index (χ1n) is 5.70. The van der Waals surface area contributed by atoms with Crippen LogP contribution in [0.4, 0.5) is 11.4 Å². The highest BCUT2D eigenvalue weighted by atomic mass is 16.6. The molecule has 0 amide bonds. The molecule has 0 saturated carbocycles. The summed E-state index contributed by atoms with van der Waals surface area (Å²) in [7, 11) is 1.39.